The highest BCUT2D eigenvalue weighted by molar-refractivity contribution is 5.81. The van der Waals surface area contributed by atoms with Crippen molar-refractivity contribution in [2.45, 2.75) is 25.4 Å². The van der Waals surface area contributed by atoms with Crippen LogP contribution in [0.1, 0.15) is 18.4 Å². The average molecular weight is 305 g/mol. The Bertz CT molecular complexity index is 547. The zero-order chi connectivity index (χ0) is 15.9. The highest BCUT2D eigenvalue weighted by Crippen LogP contribution is 2.14. The molecule has 118 valence electrons. The van der Waals surface area contributed by atoms with Crippen molar-refractivity contribution in [3.05, 3.63) is 35.9 Å². The number of carboxylic acids is 1. The zero-order valence-electron chi connectivity index (χ0n) is 12.1. The molecule has 1 fully saturated rings. The van der Waals surface area contributed by atoms with Crippen molar-refractivity contribution in [3.63, 3.8) is 0 Å². The third-order valence-electron chi connectivity index (χ3n) is 3.39. The molecule has 7 heteroatoms. The molecule has 0 aromatic heterocycles. The molecular formula is C15H19N3O4. The lowest BCUT2D eigenvalue weighted by atomic mass is 10.2. The molecule has 1 aromatic carbocycles. The molecule has 0 radical (unpaired) electrons. The summed E-state index contributed by atoms with van der Waals surface area (Å²) in [5.74, 6) is -0.968. The fourth-order valence-electron chi connectivity index (χ4n) is 2.34. The Morgan fingerprint density at radius 3 is 2.68 bits per heavy atom. The summed E-state index contributed by atoms with van der Waals surface area (Å²) in [6.45, 7) is 1.05. The fourth-order valence-corrected chi connectivity index (χ4v) is 2.34. The SMILES string of the molecule is O=C(O)CCNC(=O)NC1CC(=O)N(Cc2ccccc2)C1. The maximum atomic E-state index is 12.0. The molecule has 1 aliphatic rings. The van der Waals surface area contributed by atoms with Crippen LogP contribution >= 0.6 is 0 Å². The Kier molecular flexibility index (Phi) is 5.35. The van der Waals surface area contributed by atoms with Gasteiger partial charge in [-0.2, -0.15) is 0 Å². The van der Waals surface area contributed by atoms with Crippen LogP contribution in [0.25, 0.3) is 0 Å². The van der Waals surface area contributed by atoms with Crippen molar-refractivity contribution >= 4 is 17.9 Å². The van der Waals surface area contributed by atoms with E-state index < -0.39 is 12.0 Å². The van der Waals surface area contributed by atoms with Crippen LogP contribution in [0.2, 0.25) is 0 Å². The number of carbonyl (C=O) groups is 3. The number of nitrogens with zero attached hydrogens (tertiary/aromatic N) is 1. The van der Waals surface area contributed by atoms with Gasteiger partial charge in [0.1, 0.15) is 0 Å². The molecule has 1 aromatic rings. The van der Waals surface area contributed by atoms with Crippen LogP contribution in [0.15, 0.2) is 30.3 Å². The van der Waals surface area contributed by atoms with Gasteiger partial charge in [0.05, 0.1) is 12.5 Å². The number of carbonyl (C=O) groups excluding carboxylic acids is 2. The van der Waals surface area contributed by atoms with Gasteiger partial charge in [0.15, 0.2) is 0 Å². The van der Waals surface area contributed by atoms with Crippen LogP contribution in [0, 0.1) is 0 Å². The van der Waals surface area contributed by atoms with Crippen molar-refractivity contribution in [1.29, 1.82) is 0 Å². The summed E-state index contributed by atoms with van der Waals surface area (Å²) in [6, 6.07) is 8.96. The number of amides is 3. The number of urea groups is 1. The highest BCUT2D eigenvalue weighted by atomic mass is 16.4. The van der Waals surface area contributed by atoms with Crippen LogP contribution in [-0.4, -0.2) is 47.0 Å². The number of hydrogen-bond acceptors (Lipinski definition) is 3. The number of carboxylic acid groups (broad SMARTS) is 1. The fraction of sp³-hybridized carbons (Fsp3) is 0.400. The predicted octanol–water partition coefficient (Wildman–Crippen LogP) is 0.561. The largest absolute Gasteiger partial charge is 0.481 e. The third-order valence-corrected chi connectivity index (χ3v) is 3.39. The Balaban J connectivity index is 1.77. The van der Waals surface area contributed by atoms with Crippen molar-refractivity contribution in [2.24, 2.45) is 0 Å². The quantitative estimate of drug-likeness (QED) is 0.715. The molecule has 1 unspecified atom stereocenters. The highest BCUT2D eigenvalue weighted by Gasteiger charge is 2.30. The van der Waals surface area contributed by atoms with E-state index in [1.807, 2.05) is 30.3 Å². The van der Waals surface area contributed by atoms with E-state index in [1.165, 1.54) is 0 Å². The summed E-state index contributed by atoms with van der Waals surface area (Å²) < 4.78 is 0. The second-order valence-corrected chi connectivity index (χ2v) is 5.20. The number of rotatable bonds is 6. The Morgan fingerprint density at radius 1 is 1.27 bits per heavy atom. The number of nitrogens with one attached hydrogen (secondary N) is 2. The first-order valence-electron chi connectivity index (χ1n) is 7.12. The van der Waals surface area contributed by atoms with Gasteiger partial charge in [0.2, 0.25) is 5.91 Å². The van der Waals surface area contributed by atoms with Gasteiger partial charge in [0, 0.05) is 26.1 Å². The second kappa shape index (κ2) is 7.44. The maximum absolute atomic E-state index is 12.0. The topological polar surface area (TPSA) is 98.7 Å². The van der Waals surface area contributed by atoms with Crippen LogP contribution in [0.4, 0.5) is 4.79 Å². The van der Waals surface area contributed by atoms with Gasteiger partial charge >= 0.3 is 12.0 Å². The van der Waals surface area contributed by atoms with E-state index in [4.69, 9.17) is 5.11 Å². The smallest absolute Gasteiger partial charge is 0.315 e. The number of benzene rings is 1. The molecule has 0 bridgehead atoms. The first-order chi connectivity index (χ1) is 10.5. The minimum absolute atomic E-state index is 0.000288. The number of aliphatic carboxylic acids is 1. The molecule has 3 amide bonds. The van der Waals surface area contributed by atoms with Gasteiger partial charge in [-0.1, -0.05) is 30.3 Å². The maximum Gasteiger partial charge on any atom is 0.315 e. The van der Waals surface area contributed by atoms with Crippen molar-refractivity contribution < 1.29 is 19.5 Å². The second-order valence-electron chi connectivity index (χ2n) is 5.20. The Hall–Kier alpha value is -2.57. The van der Waals surface area contributed by atoms with Gasteiger partial charge in [0.25, 0.3) is 0 Å². The van der Waals surface area contributed by atoms with Crippen LogP contribution in [-0.2, 0) is 16.1 Å². The zero-order valence-corrected chi connectivity index (χ0v) is 12.1. The molecule has 1 saturated heterocycles. The van der Waals surface area contributed by atoms with Crippen molar-refractivity contribution in [3.8, 4) is 0 Å². The molecule has 0 saturated carbocycles. The molecule has 1 atom stereocenters. The Morgan fingerprint density at radius 2 is 2.00 bits per heavy atom. The van der Waals surface area contributed by atoms with E-state index in [9.17, 15) is 14.4 Å². The minimum Gasteiger partial charge on any atom is -0.481 e. The molecule has 7 nitrogen and oxygen atoms in total. The molecule has 22 heavy (non-hydrogen) atoms. The normalized spacial score (nSPS) is 17.4. The summed E-state index contributed by atoms with van der Waals surface area (Å²) in [7, 11) is 0. The molecule has 1 aliphatic heterocycles. The lowest BCUT2D eigenvalue weighted by Crippen LogP contribution is -2.43. The summed E-state index contributed by atoms with van der Waals surface area (Å²) in [5.41, 5.74) is 1.04. The van der Waals surface area contributed by atoms with Gasteiger partial charge in [-0.15, -0.1) is 0 Å². The number of hydrogen-bond donors (Lipinski definition) is 3. The van der Waals surface area contributed by atoms with Crippen molar-refractivity contribution in [1.82, 2.24) is 15.5 Å². The summed E-state index contributed by atoms with van der Waals surface area (Å²) >= 11 is 0. The monoisotopic (exact) mass is 305 g/mol. The summed E-state index contributed by atoms with van der Waals surface area (Å²) in [4.78, 5) is 35.6. The third kappa shape index (κ3) is 4.76. The van der Waals surface area contributed by atoms with Crippen molar-refractivity contribution in [2.75, 3.05) is 13.1 Å². The first-order valence-corrected chi connectivity index (χ1v) is 7.12. The molecule has 2 rings (SSSR count). The standard InChI is InChI=1S/C15H19N3O4/c19-13-8-12(17-15(22)16-7-6-14(20)21)10-18(13)9-11-4-2-1-3-5-11/h1-5,12H,6-10H2,(H,20,21)(H2,16,17,22). The first kappa shape index (κ1) is 15.8. The van der Waals surface area contributed by atoms with Gasteiger partial charge < -0.3 is 20.6 Å². The molecule has 3 N–H and O–H groups in total. The van der Waals surface area contributed by atoms with Gasteiger partial charge in [-0.05, 0) is 5.56 Å². The van der Waals surface area contributed by atoms with Gasteiger partial charge in [-0.3, -0.25) is 9.59 Å². The predicted molar refractivity (Wildman–Crippen MR) is 79.1 cm³/mol. The van der Waals surface area contributed by atoms with Crippen LogP contribution in [0.5, 0.6) is 0 Å². The van der Waals surface area contributed by atoms with E-state index in [-0.39, 0.29) is 31.3 Å². The summed E-state index contributed by atoms with van der Waals surface area (Å²) in [5, 5.41) is 13.7. The van der Waals surface area contributed by atoms with Crippen LogP contribution in [0.3, 0.4) is 0 Å². The number of likely N-dealkylation sites (tertiary alicyclic amines) is 1. The summed E-state index contributed by atoms with van der Waals surface area (Å²) in [6.07, 6.45) is 0.135. The van der Waals surface area contributed by atoms with Crippen LogP contribution < -0.4 is 10.6 Å². The average Bonchev–Trinajstić information content (AvgIpc) is 2.79. The molecule has 1 heterocycles. The lowest BCUT2D eigenvalue weighted by molar-refractivity contribution is -0.136. The van der Waals surface area contributed by atoms with E-state index in [0.29, 0.717) is 13.1 Å². The van der Waals surface area contributed by atoms with Gasteiger partial charge in [-0.25, -0.2) is 4.79 Å². The molecular weight excluding hydrogens is 286 g/mol. The molecule has 0 aliphatic carbocycles. The lowest BCUT2D eigenvalue weighted by Gasteiger charge is -2.17. The van der Waals surface area contributed by atoms with E-state index in [0.717, 1.165) is 5.56 Å². The molecule has 0 spiro atoms. The minimum atomic E-state index is -0.967. The van der Waals surface area contributed by atoms with E-state index >= 15 is 0 Å². The van der Waals surface area contributed by atoms with E-state index in [1.54, 1.807) is 4.90 Å². The Labute approximate surface area is 128 Å². The van der Waals surface area contributed by atoms with E-state index in [2.05, 4.69) is 10.6 Å².